The summed E-state index contributed by atoms with van der Waals surface area (Å²) in [5.41, 5.74) is 0.969. The lowest BCUT2D eigenvalue weighted by Gasteiger charge is -2.14. The number of methoxy groups -OCH3 is 2. The summed E-state index contributed by atoms with van der Waals surface area (Å²) < 4.78 is 29.2. The summed E-state index contributed by atoms with van der Waals surface area (Å²) in [7, 11) is 3.01. The minimum absolute atomic E-state index is 0.261. The fraction of sp³-hybridized carbons (Fsp3) is 0.235. The van der Waals surface area contributed by atoms with Gasteiger partial charge in [-0.15, -0.1) is 0 Å². The lowest BCUT2D eigenvalue weighted by atomic mass is 10.1. The average Bonchev–Trinajstić information content (AvgIpc) is 2.96. The van der Waals surface area contributed by atoms with Gasteiger partial charge in [-0.2, -0.15) is 0 Å². The highest BCUT2D eigenvalue weighted by Crippen LogP contribution is 2.33. The molecule has 1 N–H and O–H groups in total. The lowest BCUT2D eigenvalue weighted by Crippen LogP contribution is -2.29. The molecule has 0 bridgehead atoms. The van der Waals surface area contributed by atoms with Crippen molar-refractivity contribution < 1.29 is 23.4 Å². The van der Waals surface area contributed by atoms with Crippen LogP contribution in [0.5, 0.6) is 17.2 Å². The summed E-state index contributed by atoms with van der Waals surface area (Å²) in [5.74, 6) is 0.847. The van der Waals surface area contributed by atoms with E-state index in [0.29, 0.717) is 28.4 Å². The Kier molecular flexibility index (Phi) is 4.06. The third-order valence-electron chi connectivity index (χ3n) is 3.71. The zero-order valence-electron chi connectivity index (χ0n) is 12.8. The fourth-order valence-electron chi connectivity index (χ4n) is 2.53. The SMILES string of the molecule is COc1ccc(OC)c(C(=O)N[C@@H]2COc3ccc(F)cc32)c1. The molecule has 0 aliphatic carbocycles. The highest BCUT2D eigenvalue weighted by Gasteiger charge is 2.27. The van der Waals surface area contributed by atoms with E-state index in [1.165, 1.54) is 26.4 Å². The fourth-order valence-corrected chi connectivity index (χ4v) is 2.53. The zero-order valence-corrected chi connectivity index (χ0v) is 12.8. The van der Waals surface area contributed by atoms with Gasteiger partial charge in [0.05, 0.1) is 25.8 Å². The van der Waals surface area contributed by atoms with Crippen LogP contribution in [0.4, 0.5) is 4.39 Å². The van der Waals surface area contributed by atoms with Crippen molar-refractivity contribution in [3.8, 4) is 17.2 Å². The Bertz CT molecular complexity index is 747. The quantitative estimate of drug-likeness (QED) is 0.942. The molecular weight excluding hydrogens is 301 g/mol. The van der Waals surface area contributed by atoms with Crippen molar-refractivity contribution in [1.82, 2.24) is 5.32 Å². The molecule has 120 valence electrons. The molecular formula is C17H16FNO4. The number of fused-ring (bicyclic) bond motifs is 1. The minimum Gasteiger partial charge on any atom is -0.497 e. The van der Waals surface area contributed by atoms with E-state index in [4.69, 9.17) is 14.2 Å². The molecule has 0 spiro atoms. The zero-order chi connectivity index (χ0) is 16.4. The smallest absolute Gasteiger partial charge is 0.255 e. The highest BCUT2D eigenvalue weighted by molar-refractivity contribution is 5.97. The molecule has 0 saturated heterocycles. The maximum absolute atomic E-state index is 13.4. The van der Waals surface area contributed by atoms with Crippen LogP contribution in [0.25, 0.3) is 0 Å². The third-order valence-corrected chi connectivity index (χ3v) is 3.71. The number of carbonyl (C=O) groups is 1. The third kappa shape index (κ3) is 2.92. The first-order valence-electron chi connectivity index (χ1n) is 7.07. The number of benzene rings is 2. The molecule has 0 aromatic heterocycles. The van der Waals surface area contributed by atoms with Gasteiger partial charge in [0, 0.05) is 5.56 Å². The molecule has 0 unspecified atom stereocenters. The second-order valence-electron chi connectivity index (χ2n) is 5.09. The van der Waals surface area contributed by atoms with Gasteiger partial charge in [-0.05, 0) is 36.4 Å². The van der Waals surface area contributed by atoms with Crippen LogP contribution in [0.2, 0.25) is 0 Å². The molecule has 0 radical (unpaired) electrons. The van der Waals surface area contributed by atoms with E-state index < -0.39 is 6.04 Å². The standard InChI is InChI=1S/C17H16FNO4/c1-21-11-4-6-15(22-2)13(8-11)17(20)19-14-9-23-16-5-3-10(18)7-12(14)16/h3-8,14H,9H2,1-2H3,(H,19,20)/t14-/m1/s1. The number of halogens is 1. The summed E-state index contributed by atoms with van der Waals surface area (Å²) in [5, 5.41) is 2.84. The predicted molar refractivity (Wildman–Crippen MR) is 81.6 cm³/mol. The van der Waals surface area contributed by atoms with Crippen molar-refractivity contribution in [2.45, 2.75) is 6.04 Å². The molecule has 1 heterocycles. The molecule has 2 aromatic carbocycles. The molecule has 5 nitrogen and oxygen atoms in total. The van der Waals surface area contributed by atoms with Gasteiger partial charge in [-0.1, -0.05) is 0 Å². The Morgan fingerprint density at radius 3 is 2.78 bits per heavy atom. The normalized spacial score (nSPS) is 15.5. The van der Waals surface area contributed by atoms with Crippen molar-refractivity contribution in [2.24, 2.45) is 0 Å². The Balaban J connectivity index is 1.85. The van der Waals surface area contributed by atoms with Crippen molar-refractivity contribution in [2.75, 3.05) is 20.8 Å². The van der Waals surface area contributed by atoms with Gasteiger partial charge in [-0.3, -0.25) is 4.79 Å². The summed E-state index contributed by atoms with van der Waals surface area (Å²) in [6.07, 6.45) is 0. The first-order chi connectivity index (χ1) is 11.1. The molecule has 3 rings (SSSR count). The summed E-state index contributed by atoms with van der Waals surface area (Å²) in [6, 6.07) is 8.80. The summed E-state index contributed by atoms with van der Waals surface area (Å²) in [4.78, 5) is 12.5. The number of rotatable bonds is 4. The highest BCUT2D eigenvalue weighted by atomic mass is 19.1. The summed E-state index contributed by atoms with van der Waals surface area (Å²) >= 11 is 0. The molecule has 1 aliphatic rings. The van der Waals surface area contributed by atoms with Crippen LogP contribution in [-0.4, -0.2) is 26.7 Å². The van der Waals surface area contributed by atoms with E-state index in [0.717, 1.165) is 0 Å². The summed E-state index contributed by atoms with van der Waals surface area (Å²) in [6.45, 7) is 0.261. The molecule has 1 atom stereocenters. The molecule has 6 heteroatoms. The maximum atomic E-state index is 13.4. The molecule has 1 aliphatic heterocycles. The monoisotopic (exact) mass is 317 g/mol. The second-order valence-corrected chi connectivity index (χ2v) is 5.09. The maximum Gasteiger partial charge on any atom is 0.255 e. The molecule has 2 aromatic rings. The van der Waals surface area contributed by atoms with Crippen LogP contribution in [0.15, 0.2) is 36.4 Å². The average molecular weight is 317 g/mol. The van der Waals surface area contributed by atoms with Crippen LogP contribution >= 0.6 is 0 Å². The second kappa shape index (κ2) is 6.16. The lowest BCUT2D eigenvalue weighted by molar-refractivity contribution is 0.0927. The number of hydrogen-bond donors (Lipinski definition) is 1. The van der Waals surface area contributed by atoms with Gasteiger partial charge in [0.15, 0.2) is 0 Å². The van der Waals surface area contributed by atoms with Gasteiger partial charge < -0.3 is 19.5 Å². The molecule has 23 heavy (non-hydrogen) atoms. The van der Waals surface area contributed by atoms with E-state index in [1.807, 2.05) is 0 Å². The Labute approximate surface area is 133 Å². The van der Waals surface area contributed by atoms with Gasteiger partial charge in [-0.25, -0.2) is 4.39 Å². The number of nitrogens with one attached hydrogen (secondary N) is 1. The van der Waals surface area contributed by atoms with E-state index in [-0.39, 0.29) is 18.3 Å². The number of ether oxygens (including phenoxy) is 3. The first-order valence-corrected chi connectivity index (χ1v) is 7.07. The predicted octanol–water partition coefficient (Wildman–Crippen LogP) is 2.71. The van der Waals surface area contributed by atoms with E-state index >= 15 is 0 Å². The van der Waals surface area contributed by atoms with E-state index in [1.54, 1.807) is 24.3 Å². The van der Waals surface area contributed by atoms with Gasteiger partial charge >= 0.3 is 0 Å². The van der Waals surface area contributed by atoms with Crippen LogP contribution in [0.3, 0.4) is 0 Å². The Morgan fingerprint density at radius 2 is 2.04 bits per heavy atom. The molecule has 0 fully saturated rings. The van der Waals surface area contributed by atoms with E-state index in [2.05, 4.69) is 5.32 Å². The first kappa shape index (κ1) is 15.1. The van der Waals surface area contributed by atoms with Crippen molar-refractivity contribution in [3.63, 3.8) is 0 Å². The van der Waals surface area contributed by atoms with Gasteiger partial charge in [0.2, 0.25) is 0 Å². The van der Waals surface area contributed by atoms with Crippen molar-refractivity contribution >= 4 is 5.91 Å². The Morgan fingerprint density at radius 1 is 1.22 bits per heavy atom. The van der Waals surface area contributed by atoms with Crippen LogP contribution < -0.4 is 19.5 Å². The van der Waals surface area contributed by atoms with Crippen molar-refractivity contribution in [1.29, 1.82) is 0 Å². The Hall–Kier alpha value is -2.76. The minimum atomic E-state index is -0.413. The van der Waals surface area contributed by atoms with Crippen LogP contribution in [-0.2, 0) is 0 Å². The number of carbonyl (C=O) groups excluding carboxylic acids is 1. The van der Waals surface area contributed by atoms with Gasteiger partial charge in [0.25, 0.3) is 5.91 Å². The van der Waals surface area contributed by atoms with Gasteiger partial charge in [0.1, 0.15) is 29.7 Å². The van der Waals surface area contributed by atoms with Crippen LogP contribution in [0.1, 0.15) is 22.0 Å². The van der Waals surface area contributed by atoms with E-state index in [9.17, 15) is 9.18 Å². The number of hydrogen-bond acceptors (Lipinski definition) is 4. The van der Waals surface area contributed by atoms with Crippen molar-refractivity contribution in [3.05, 3.63) is 53.3 Å². The number of amides is 1. The molecule has 1 amide bonds. The largest absolute Gasteiger partial charge is 0.497 e. The molecule has 0 saturated carbocycles. The van der Waals surface area contributed by atoms with Crippen LogP contribution in [0, 0.1) is 5.82 Å². The topological polar surface area (TPSA) is 56.8 Å².